The van der Waals surface area contributed by atoms with Crippen LogP contribution in [0.5, 0.6) is 0 Å². The lowest BCUT2D eigenvalue weighted by Gasteiger charge is -2.14. The van der Waals surface area contributed by atoms with Crippen LogP contribution in [0.1, 0.15) is 29.8 Å². The molecule has 106 valence electrons. The van der Waals surface area contributed by atoms with Crippen molar-refractivity contribution < 1.29 is 4.79 Å². The number of carbonyl (C=O) groups excluding carboxylic acids is 1. The number of hydrogen-bond acceptors (Lipinski definition) is 2. The van der Waals surface area contributed by atoms with Crippen LogP contribution in [-0.4, -0.2) is 11.9 Å². The summed E-state index contributed by atoms with van der Waals surface area (Å²) in [7, 11) is 0. The molecule has 0 aliphatic rings. The number of terminal acetylenes is 1. The van der Waals surface area contributed by atoms with E-state index in [1.807, 2.05) is 50.2 Å². The van der Waals surface area contributed by atoms with E-state index < -0.39 is 0 Å². The van der Waals surface area contributed by atoms with E-state index in [2.05, 4.69) is 16.6 Å². The number of amides is 1. The van der Waals surface area contributed by atoms with Crippen molar-refractivity contribution in [2.75, 3.05) is 10.6 Å². The van der Waals surface area contributed by atoms with Crippen molar-refractivity contribution in [2.45, 2.75) is 19.9 Å². The molecule has 0 saturated carbocycles. The van der Waals surface area contributed by atoms with Gasteiger partial charge in [0.15, 0.2) is 0 Å². The van der Waals surface area contributed by atoms with Gasteiger partial charge in [0, 0.05) is 23.0 Å². The summed E-state index contributed by atoms with van der Waals surface area (Å²) in [6, 6.07) is 14.9. The summed E-state index contributed by atoms with van der Waals surface area (Å²) in [5.41, 5.74) is 2.85. The van der Waals surface area contributed by atoms with Crippen LogP contribution in [0, 0.1) is 12.3 Å². The van der Waals surface area contributed by atoms with Crippen LogP contribution in [0.2, 0.25) is 0 Å². The summed E-state index contributed by atoms with van der Waals surface area (Å²) in [4.78, 5) is 12.4. The molecule has 0 radical (unpaired) electrons. The van der Waals surface area contributed by atoms with Gasteiger partial charge in [-0.25, -0.2) is 0 Å². The lowest BCUT2D eigenvalue weighted by molar-refractivity contribution is 0.102. The molecule has 21 heavy (non-hydrogen) atoms. The van der Waals surface area contributed by atoms with Gasteiger partial charge in [-0.2, -0.15) is 0 Å². The van der Waals surface area contributed by atoms with Crippen LogP contribution in [0.25, 0.3) is 0 Å². The van der Waals surface area contributed by atoms with Crippen molar-refractivity contribution in [1.82, 2.24) is 0 Å². The fourth-order valence-corrected chi connectivity index (χ4v) is 2.00. The van der Waals surface area contributed by atoms with Gasteiger partial charge >= 0.3 is 0 Å². The fraction of sp³-hybridized carbons (Fsp3) is 0.167. The molecule has 2 N–H and O–H groups in total. The number of rotatable bonds is 4. The molecule has 3 heteroatoms. The maximum absolute atomic E-state index is 12.4. The molecule has 2 rings (SSSR count). The molecule has 3 nitrogen and oxygen atoms in total. The Hall–Kier alpha value is -2.73. The van der Waals surface area contributed by atoms with E-state index in [1.165, 1.54) is 0 Å². The van der Waals surface area contributed by atoms with Gasteiger partial charge in [-0.15, -0.1) is 6.42 Å². The third kappa shape index (κ3) is 3.87. The summed E-state index contributed by atoms with van der Waals surface area (Å²) in [6.07, 6.45) is 5.37. The van der Waals surface area contributed by atoms with Crippen LogP contribution in [0.3, 0.4) is 0 Å². The van der Waals surface area contributed by atoms with Gasteiger partial charge in [0.1, 0.15) is 0 Å². The van der Waals surface area contributed by atoms with E-state index >= 15 is 0 Å². The molecule has 0 atom stereocenters. The van der Waals surface area contributed by atoms with Gasteiger partial charge in [-0.3, -0.25) is 4.79 Å². The van der Waals surface area contributed by atoms with Crippen molar-refractivity contribution in [3.05, 3.63) is 59.7 Å². The topological polar surface area (TPSA) is 41.1 Å². The van der Waals surface area contributed by atoms with Crippen molar-refractivity contribution in [2.24, 2.45) is 0 Å². The van der Waals surface area contributed by atoms with Crippen molar-refractivity contribution in [1.29, 1.82) is 0 Å². The Kier molecular flexibility index (Phi) is 4.63. The molecule has 0 unspecified atom stereocenters. The second-order valence-electron chi connectivity index (χ2n) is 5.02. The number of carbonyl (C=O) groups is 1. The third-order valence-electron chi connectivity index (χ3n) is 2.90. The van der Waals surface area contributed by atoms with E-state index in [0.717, 1.165) is 11.3 Å². The molecule has 0 aromatic heterocycles. The van der Waals surface area contributed by atoms with E-state index in [0.29, 0.717) is 11.3 Å². The van der Waals surface area contributed by atoms with Crippen molar-refractivity contribution in [3.63, 3.8) is 0 Å². The Bertz CT molecular complexity index is 684. The summed E-state index contributed by atoms with van der Waals surface area (Å²) < 4.78 is 0. The molecular formula is C18H18N2O. The number of para-hydroxylation sites is 1. The zero-order chi connectivity index (χ0) is 15.2. The van der Waals surface area contributed by atoms with Gasteiger partial charge < -0.3 is 10.6 Å². The first-order valence-electron chi connectivity index (χ1n) is 6.83. The molecule has 0 heterocycles. The zero-order valence-electron chi connectivity index (χ0n) is 12.2. The predicted molar refractivity (Wildman–Crippen MR) is 87.5 cm³/mol. The van der Waals surface area contributed by atoms with Gasteiger partial charge in [-0.1, -0.05) is 24.1 Å². The third-order valence-corrected chi connectivity index (χ3v) is 2.90. The van der Waals surface area contributed by atoms with E-state index in [-0.39, 0.29) is 11.9 Å². The summed E-state index contributed by atoms with van der Waals surface area (Å²) >= 11 is 0. The minimum atomic E-state index is -0.159. The lowest BCUT2D eigenvalue weighted by Crippen LogP contribution is -2.17. The molecule has 0 aliphatic heterocycles. The maximum atomic E-state index is 12.4. The summed E-state index contributed by atoms with van der Waals surface area (Å²) in [5, 5.41) is 6.14. The first kappa shape index (κ1) is 14.7. The van der Waals surface area contributed by atoms with Gasteiger partial charge in [0.2, 0.25) is 0 Å². The number of hydrogen-bond donors (Lipinski definition) is 2. The molecule has 2 aromatic rings. The normalized spacial score (nSPS) is 10.0. The lowest BCUT2D eigenvalue weighted by atomic mass is 10.1. The second-order valence-corrected chi connectivity index (χ2v) is 5.02. The van der Waals surface area contributed by atoms with E-state index in [1.54, 1.807) is 12.1 Å². The van der Waals surface area contributed by atoms with Crippen molar-refractivity contribution in [3.8, 4) is 12.3 Å². The fourth-order valence-electron chi connectivity index (χ4n) is 2.00. The monoisotopic (exact) mass is 278 g/mol. The Balaban J connectivity index is 2.22. The molecule has 0 aliphatic carbocycles. The molecule has 0 bridgehead atoms. The zero-order valence-corrected chi connectivity index (χ0v) is 12.2. The first-order valence-corrected chi connectivity index (χ1v) is 6.83. The van der Waals surface area contributed by atoms with Gasteiger partial charge in [0.05, 0.1) is 5.56 Å². The largest absolute Gasteiger partial charge is 0.382 e. The van der Waals surface area contributed by atoms with Crippen molar-refractivity contribution >= 4 is 17.3 Å². The summed E-state index contributed by atoms with van der Waals surface area (Å²) in [6.45, 7) is 4.07. The van der Waals surface area contributed by atoms with Crippen LogP contribution in [0.4, 0.5) is 11.4 Å². The van der Waals surface area contributed by atoms with Gasteiger partial charge in [0.25, 0.3) is 5.91 Å². The van der Waals surface area contributed by atoms with Crippen LogP contribution in [-0.2, 0) is 0 Å². The first-order chi connectivity index (χ1) is 10.1. The average Bonchev–Trinajstić information content (AvgIpc) is 2.47. The SMILES string of the molecule is C#Cc1cccc(NC(=O)c2ccccc2NC(C)C)c1. The molecule has 0 saturated heterocycles. The smallest absolute Gasteiger partial charge is 0.257 e. The molecular weight excluding hydrogens is 260 g/mol. The number of nitrogens with one attached hydrogen (secondary N) is 2. The van der Waals surface area contributed by atoms with Crippen LogP contribution < -0.4 is 10.6 Å². The highest BCUT2D eigenvalue weighted by Gasteiger charge is 2.11. The van der Waals surface area contributed by atoms with E-state index in [9.17, 15) is 4.79 Å². The Morgan fingerprint density at radius 1 is 1.14 bits per heavy atom. The molecule has 0 fully saturated rings. The minimum Gasteiger partial charge on any atom is -0.382 e. The van der Waals surface area contributed by atoms with Crippen LogP contribution >= 0.6 is 0 Å². The number of anilines is 2. The molecule has 0 spiro atoms. The highest BCUT2D eigenvalue weighted by atomic mass is 16.1. The highest BCUT2D eigenvalue weighted by molar-refractivity contribution is 6.08. The summed E-state index contributed by atoms with van der Waals surface area (Å²) in [5.74, 6) is 2.39. The molecule has 1 amide bonds. The average molecular weight is 278 g/mol. The highest BCUT2D eigenvalue weighted by Crippen LogP contribution is 2.18. The second kappa shape index (κ2) is 6.62. The Morgan fingerprint density at radius 3 is 2.62 bits per heavy atom. The van der Waals surface area contributed by atoms with Crippen LogP contribution in [0.15, 0.2) is 48.5 Å². The van der Waals surface area contributed by atoms with E-state index in [4.69, 9.17) is 6.42 Å². The maximum Gasteiger partial charge on any atom is 0.257 e. The Morgan fingerprint density at radius 2 is 1.90 bits per heavy atom. The predicted octanol–water partition coefficient (Wildman–Crippen LogP) is 3.74. The standard InChI is InChI=1S/C18H18N2O/c1-4-14-8-7-9-15(12-14)20-18(21)16-10-5-6-11-17(16)19-13(2)3/h1,5-13,19H,2-3H3,(H,20,21). The quantitative estimate of drug-likeness (QED) is 0.836. The number of benzene rings is 2. The van der Waals surface area contributed by atoms with Gasteiger partial charge in [-0.05, 0) is 44.2 Å². The molecule has 2 aromatic carbocycles. The Labute approximate surface area is 125 Å². The minimum absolute atomic E-state index is 0.159.